The van der Waals surface area contributed by atoms with Crippen LogP contribution in [0.1, 0.15) is 23.6 Å². The Hall–Kier alpha value is -2.94. The molecule has 150 valence electrons. The zero-order valence-corrected chi connectivity index (χ0v) is 15.6. The Kier molecular flexibility index (Phi) is 7.11. The van der Waals surface area contributed by atoms with Crippen molar-refractivity contribution < 1.29 is 32.4 Å². The fraction of sp³-hybridized carbons (Fsp3) is 0.222. The summed E-state index contributed by atoms with van der Waals surface area (Å²) in [6.07, 6.45) is -5.23. The number of amides is 1. The van der Waals surface area contributed by atoms with Crippen LogP contribution in [-0.2, 0) is 22.4 Å². The monoisotopic (exact) mass is 416 g/mol. The summed E-state index contributed by atoms with van der Waals surface area (Å²) < 4.78 is 42.5. The van der Waals surface area contributed by atoms with Gasteiger partial charge in [-0.1, -0.05) is 35.0 Å². The summed E-state index contributed by atoms with van der Waals surface area (Å²) in [7, 11) is 1.18. The molecular formula is C18H16ClF3N2O4. The first kappa shape index (κ1) is 21.4. The quantitative estimate of drug-likeness (QED) is 0.534. The molecule has 0 radical (unpaired) electrons. The number of carbonyl (C=O) groups excluding carboxylic acids is 1. The largest absolute Gasteiger partial charge is 0.451 e. The van der Waals surface area contributed by atoms with E-state index in [4.69, 9.17) is 21.3 Å². The van der Waals surface area contributed by atoms with Gasteiger partial charge in [0.05, 0.1) is 23.4 Å². The van der Waals surface area contributed by atoms with Gasteiger partial charge in [-0.2, -0.15) is 18.7 Å². The number of halogens is 4. The predicted molar refractivity (Wildman–Crippen MR) is 96.1 cm³/mol. The Morgan fingerprint density at radius 1 is 1.21 bits per heavy atom. The lowest BCUT2D eigenvalue weighted by atomic mass is 10.1. The second-order valence-corrected chi connectivity index (χ2v) is 5.90. The molecule has 1 N–H and O–H groups in total. The summed E-state index contributed by atoms with van der Waals surface area (Å²) in [6.45, 7) is 1.50. The highest BCUT2D eigenvalue weighted by molar-refractivity contribution is 6.32. The molecule has 0 heterocycles. The summed E-state index contributed by atoms with van der Waals surface area (Å²) in [5.74, 6) is 0.150. The minimum absolute atomic E-state index is 0.137. The zero-order valence-electron chi connectivity index (χ0n) is 14.8. The molecule has 0 bridgehead atoms. The molecule has 2 aromatic carbocycles. The van der Waals surface area contributed by atoms with E-state index in [2.05, 4.69) is 9.89 Å². The number of rotatable bonds is 6. The van der Waals surface area contributed by atoms with E-state index in [0.29, 0.717) is 16.8 Å². The summed E-state index contributed by atoms with van der Waals surface area (Å²) in [5.41, 5.74) is 2.59. The van der Waals surface area contributed by atoms with Crippen LogP contribution in [0.15, 0.2) is 47.6 Å². The standard InChI is InChI=1S/C18H16ClF3N2O4/c1-11(13-6-7-15(19)16(9-13)28-24-17(25)26-2)23-27-10-12-4-3-5-14(8-12)18(20,21)22/h3-9H,10H2,1-2H3,(H,24,25). The topological polar surface area (TPSA) is 69.2 Å². The summed E-state index contributed by atoms with van der Waals surface area (Å²) in [6, 6.07) is 9.46. The van der Waals surface area contributed by atoms with Crippen molar-refractivity contribution in [3.05, 3.63) is 64.2 Å². The molecule has 0 fully saturated rings. The van der Waals surface area contributed by atoms with Crippen LogP contribution in [-0.4, -0.2) is 18.9 Å². The molecule has 2 aromatic rings. The predicted octanol–water partition coefficient (Wildman–Crippen LogP) is 4.95. The Morgan fingerprint density at radius 2 is 1.96 bits per heavy atom. The van der Waals surface area contributed by atoms with Crippen molar-refractivity contribution in [2.24, 2.45) is 5.16 Å². The highest BCUT2D eigenvalue weighted by Crippen LogP contribution is 2.29. The van der Waals surface area contributed by atoms with E-state index in [1.165, 1.54) is 31.4 Å². The van der Waals surface area contributed by atoms with Crippen molar-refractivity contribution in [1.29, 1.82) is 0 Å². The molecule has 0 saturated carbocycles. The molecule has 0 aliphatic rings. The molecule has 10 heteroatoms. The Balaban J connectivity index is 2.04. The van der Waals surface area contributed by atoms with E-state index in [9.17, 15) is 18.0 Å². The second kappa shape index (κ2) is 9.32. The van der Waals surface area contributed by atoms with Crippen molar-refractivity contribution in [2.75, 3.05) is 7.11 Å². The average molecular weight is 417 g/mol. The fourth-order valence-electron chi connectivity index (χ4n) is 2.04. The molecule has 0 atom stereocenters. The van der Waals surface area contributed by atoms with Crippen LogP contribution < -0.4 is 10.3 Å². The fourth-order valence-corrected chi connectivity index (χ4v) is 2.19. The number of carbonyl (C=O) groups is 1. The minimum atomic E-state index is -4.42. The number of hydrogen-bond acceptors (Lipinski definition) is 5. The molecule has 0 spiro atoms. The summed E-state index contributed by atoms with van der Waals surface area (Å²) in [4.78, 5) is 21.2. The third-order valence-electron chi connectivity index (χ3n) is 3.47. The number of oxime groups is 1. The van der Waals surface area contributed by atoms with E-state index in [-0.39, 0.29) is 17.4 Å². The van der Waals surface area contributed by atoms with Gasteiger partial charge in [0.2, 0.25) is 0 Å². The highest BCUT2D eigenvalue weighted by atomic mass is 35.5. The molecule has 6 nitrogen and oxygen atoms in total. The van der Waals surface area contributed by atoms with E-state index >= 15 is 0 Å². The number of ether oxygens (including phenoxy) is 1. The van der Waals surface area contributed by atoms with Gasteiger partial charge in [0.1, 0.15) is 6.61 Å². The first-order valence-corrected chi connectivity index (χ1v) is 8.22. The second-order valence-electron chi connectivity index (χ2n) is 5.49. The third-order valence-corrected chi connectivity index (χ3v) is 3.78. The van der Waals surface area contributed by atoms with Crippen LogP contribution in [0.2, 0.25) is 5.02 Å². The molecule has 2 rings (SSSR count). The molecule has 1 amide bonds. The number of methoxy groups -OCH3 is 1. The van der Waals surface area contributed by atoms with Crippen LogP contribution >= 0.6 is 11.6 Å². The molecule has 0 aromatic heterocycles. The van der Waals surface area contributed by atoms with E-state index < -0.39 is 17.8 Å². The Morgan fingerprint density at radius 3 is 2.64 bits per heavy atom. The highest BCUT2D eigenvalue weighted by Gasteiger charge is 2.30. The van der Waals surface area contributed by atoms with Crippen molar-refractivity contribution >= 4 is 23.4 Å². The summed E-state index contributed by atoms with van der Waals surface area (Å²) >= 11 is 5.98. The van der Waals surface area contributed by atoms with Gasteiger partial charge in [0.25, 0.3) is 0 Å². The lowest BCUT2D eigenvalue weighted by Crippen LogP contribution is -2.26. The number of alkyl halides is 3. The maximum Gasteiger partial charge on any atom is 0.440 e. The van der Waals surface area contributed by atoms with Crippen molar-refractivity contribution in [3.63, 3.8) is 0 Å². The van der Waals surface area contributed by atoms with Crippen LogP contribution in [0.25, 0.3) is 0 Å². The lowest BCUT2D eigenvalue weighted by molar-refractivity contribution is -0.137. The van der Waals surface area contributed by atoms with Crippen molar-refractivity contribution in [2.45, 2.75) is 19.7 Å². The molecule has 0 aliphatic carbocycles. The van der Waals surface area contributed by atoms with E-state index in [1.807, 2.05) is 5.48 Å². The van der Waals surface area contributed by atoms with Gasteiger partial charge in [0.15, 0.2) is 5.75 Å². The summed E-state index contributed by atoms with van der Waals surface area (Å²) in [5, 5.41) is 4.12. The maximum atomic E-state index is 12.7. The third kappa shape index (κ3) is 6.05. The van der Waals surface area contributed by atoms with Crippen molar-refractivity contribution in [3.8, 4) is 5.75 Å². The van der Waals surface area contributed by atoms with Crippen molar-refractivity contribution in [1.82, 2.24) is 5.48 Å². The van der Waals surface area contributed by atoms with Gasteiger partial charge < -0.3 is 14.4 Å². The van der Waals surface area contributed by atoms with Gasteiger partial charge in [-0.3, -0.25) is 0 Å². The number of hydroxylamine groups is 1. The Bertz CT molecular complexity index is 872. The van der Waals surface area contributed by atoms with Crippen LogP contribution in [0.4, 0.5) is 18.0 Å². The first-order chi connectivity index (χ1) is 13.2. The van der Waals surface area contributed by atoms with Gasteiger partial charge in [-0.05, 0) is 36.8 Å². The van der Waals surface area contributed by atoms with Crippen LogP contribution in [0, 0.1) is 0 Å². The minimum Gasteiger partial charge on any atom is -0.451 e. The molecule has 0 saturated heterocycles. The van der Waals surface area contributed by atoms with Gasteiger partial charge in [-0.15, -0.1) is 0 Å². The number of benzene rings is 2. The SMILES string of the molecule is COC(=O)NOc1cc(C(C)=NOCc2cccc(C(F)(F)F)c2)ccc1Cl. The van der Waals surface area contributed by atoms with E-state index in [1.54, 1.807) is 13.0 Å². The number of hydrogen-bond donors (Lipinski definition) is 1. The van der Waals surface area contributed by atoms with Gasteiger partial charge >= 0.3 is 12.3 Å². The zero-order chi connectivity index (χ0) is 20.7. The molecule has 28 heavy (non-hydrogen) atoms. The molecule has 0 unspecified atom stereocenters. The number of nitrogens with one attached hydrogen (secondary N) is 1. The maximum absolute atomic E-state index is 12.7. The first-order valence-electron chi connectivity index (χ1n) is 7.84. The lowest BCUT2D eigenvalue weighted by Gasteiger charge is -2.10. The molecule has 0 aliphatic heterocycles. The van der Waals surface area contributed by atoms with Gasteiger partial charge in [0, 0.05) is 5.56 Å². The van der Waals surface area contributed by atoms with E-state index in [0.717, 1.165) is 12.1 Å². The smallest absolute Gasteiger partial charge is 0.440 e. The molecular weight excluding hydrogens is 401 g/mol. The Labute approximate surface area is 163 Å². The average Bonchev–Trinajstić information content (AvgIpc) is 2.66. The van der Waals surface area contributed by atoms with Gasteiger partial charge in [-0.25, -0.2) is 4.79 Å². The van der Waals surface area contributed by atoms with Crippen LogP contribution in [0.3, 0.4) is 0 Å². The van der Waals surface area contributed by atoms with Crippen LogP contribution in [0.5, 0.6) is 5.75 Å². The normalized spacial score (nSPS) is 11.7. The number of nitrogens with zero attached hydrogens (tertiary/aromatic N) is 1.